The number of nitrogens with zero attached hydrogens (tertiary/aromatic N) is 1. The molecule has 37 heavy (non-hydrogen) atoms. The second kappa shape index (κ2) is 17.0. The van der Waals surface area contributed by atoms with Crippen LogP contribution in [0.25, 0.3) is 0 Å². The molecule has 0 fully saturated rings. The lowest BCUT2D eigenvalue weighted by atomic mass is 9.86. The van der Waals surface area contributed by atoms with E-state index in [-0.39, 0.29) is 5.97 Å². The molecule has 0 spiro atoms. The zero-order valence-corrected chi connectivity index (χ0v) is 24.6. The van der Waals surface area contributed by atoms with Crippen LogP contribution in [-0.4, -0.2) is 30.0 Å². The fourth-order valence-corrected chi connectivity index (χ4v) is 6.81. The van der Waals surface area contributed by atoms with Gasteiger partial charge in [0.2, 0.25) is 0 Å². The highest BCUT2D eigenvalue weighted by Gasteiger charge is 2.26. The summed E-state index contributed by atoms with van der Waals surface area (Å²) in [6.45, 7) is 9.15. The quantitative estimate of drug-likeness (QED) is 0.110. The third-order valence-corrected chi connectivity index (χ3v) is 8.96. The third-order valence-electron chi connectivity index (χ3n) is 8.03. The first kappa shape index (κ1) is 29.9. The van der Waals surface area contributed by atoms with Crippen LogP contribution < -0.4 is 4.74 Å². The first-order valence-corrected chi connectivity index (χ1v) is 16.1. The van der Waals surface area contributed by atoms with Gasteiger partial charge in [0.15, 0.2) is 0 Å². The van der Waals surface area contributed by atoms with Gasteiger partial charge in [-0.3, -0.25) is 9.69 Å². The predicted molar refractivity (Wildman–Crippen MR) is 159 cm³/mol. The van der Waals surface area contributed by atoms with Crippen LogP contribution in [0.5, 0.6) is 5.75 Å². The maximum Gasteiger partial charge on any atom is 0.311 e. The topological polar surface area (TPSA) is 29.5 Å². The normalized spacial score (nSPS) is 15.3. The minimum atomic E-state index is -0.0612. The van der Waals surface area contributed by atoms with Crippen molar-refractivity contribution in [3.8, 4) is 5.75 Å². The summed E-state index contributed by atoms with van der Waals surface area (Å²) in [7, 11) is 0. The molecule has 3 rings (SSSR count). The molecule has 1 aliphatic rings. The number of hydrogen-bond donors (Lipinski definition) is 0. The molecule has 0 radical (unpaired) electrons. The van der Waals surface area contributed by atoms with Gasteiger partial charge in [0.25, 0.3) is 0 Å². The Morgan fingerprint density at radius 2 is 1.78 bits per heavy atom. The van der Waals surface area contributed by atoms with Crippen LogP contribution in [0.3, 0.4) is 0 Å². The van der Waals surface area contributed by atoms with Gasteiger partial charge in [-0.15, -0.1) is 11.3 Å². The van der Waals surface area contributed by atoms with Gasteiger partial charge >= 0.3 is 5.97 Å². The van der Waals surface area contributed by atoms with Crippen LogP contribution >= 0.6 is 11.3 Å². The summed E-state index contributed by atoms with van der Waals surface area (Å²) < 4.78 is 5.91. The van der Waals surface area contributed by atoms with E-state index >= 15 is 0 Å². The van der Waals surface area contributed by atoms with Crippen LogP contribution in [0.4, 0.5) is 0 Å². The Labute approximate surface area is 231 Å². The monoisotopic (exact) mass is 525 g/mol. The number of esters is 1. The SMILES string of the molecule is CCCC(CCC)CCCCCCC(=O)Oc1cccc2c1CCC(N(CCC)CCc1cccs1)C2. The van der Waals surface area contributed by atoms with Gasteiger partial charge in [-0.1, -0.05) is 90.3 Å². The number of carbonyl (C=O) groups is 1. The van der Waals surface area contributed by atoms with E-state index in [1.165, 1.54) is 67.4 Å². The largest absolute Gasteiger partial charge is 0.426 e. The molecule has 0 bridgehead atoms. The van der Waals surface area contributed by atoms with E-state index < -0.39 is 0 Å². The number of fused-ring (bicyclic) bond motifs is 1. The van der Waals surface area contributed by atoms with Crippen molar-refractivity contribution < 1.29 is 9.53 Å². The van der Waals surface area contributed by atoms with Crippen LogP contribution in [0.1, 0.15) is 114 Å². The Bertz CT molecular complexity index is 888. The molecule has 1 unspecified atom stereocenters. The molecule has 4 heteroatoms. The minimum Gasteiger partial charge on any atom is -0.426 e. The molecule has 1 heterocycles. The number of unbranched alkanes of at least 4 members (excludes halogenated alkanes) is 3. The van der Waals surface area contributed by atoms with Gasteiger partial charge in [-0.2, -0.15) is 0 Å². The van der Waals surface area contributed by atoms with Gasteiger partial charge < -0.3 is 4.74 Å². The van der Waals surface area contributed by atoms with Crippen molar-refractivity contribution >= 4 is 17.3 Å². The fourth-order valence-electron chi connectivity index (χ4n) is 6.11. The van der Waals surface area contributed by atoms with Crippen molar-refractivity contribution in [1.29, 1.82) is 0 Å². The van der Waals surface area contributed by atoms with Gasteiger partial charge in [0, 0.05) is 23.9 Å². The number of carbonyl (C=O) groups excluding carboxylic acids is 1. The number of thiophene rings is 1. The minimum absolute atomic E-state index is 0.0612. The standard InChI is InChI=1S/C33H51NO2S/c1-4-13-27(14-5-2)15-9-7-8-10-19-33(35)36-32-18-11-16-28-26-29(20-21-31(28)32)34(23-6-3)24-22-30-17-12-25-37-30/h11-12,16-18,25,27,29H,4-10,13-15,19-24,26H2,1-3H3. The smallest absolute Gasteiger partial charge is 0.311 e. The molecule has 0 aliphatic heterocycles. The summed E-state index contributed by atoms with van der Waals surface area (Å²) >= 11 is 1.86. The fraction of sp³-hybridized carbons (Fsp3) is 0.667. The van der Waals surface area contributed by atoms with Crippen molar-refractivity contribution in [2.24, 2.45) is 5.92 Å². The van der Waals surface area contributed by atoms with E-state index in [4.69, 9.17) is 4.74 Å². The molecule has 3 nitrogen and oxygen atoms in total. The second-order valence-corrected chi connectivity index (χ2v) is 12.1. The van der Waals surface area contributed by atoms with E-state index in [1.54, 1.807) is 0 Å². The van der Waals surface area contributed by atoms with E-state index in [9.17, 15) is 4.79 Å². The summed E-state index contributed by atoms with van der Waals surface area (Å²) in [6, 6.07) is 11.3. The average molecular weight is 526 g/mol. The molecule has 1 aromatic heterocycles. The highest BCUT2D eigenvalue weighted by atomic mass is 32.1. The summed E-state index contributed by atoms with van der Waals surface area (Å²) in [6.07, 6.45) is 17.4. The van der Waals surface area contributed by atoms with Gasteiger partial charge in [-0.25, -0.2) is 0 Å². The van der Waals surface area contributed by atoms with E-state index in [2.05, 4.69) is 55.3 Å². The Hall–Kier alpha value is -1.65. The lowest BCUT2D eigenvalue weighted by Gasteiger charge is -2.35. The van der Waals surface area contributed by atoms with Crippen molar-refractivity contribution in [2.75, 3.05) is 13.1 Å². The highest BCUT2D eigenvalue weighted by Crippen LogP contribution is 2.32. The summed E-state index contributed by atoms with van der Waals surface area (Å²) in [5.74, 6) is 1.65. The molecule has 1 atom stereocenters. The first-order valence-electron chi connectivity index (χ1n) is 15.2. The Kier molecular flexibility index (Phi) is 13.8. The van der Waals surface area contributed by atoms with Gasteiger partial charge in [0.05, 0.1) is 0 Å². The maximum absolute atomic E-state index is 12.6. The molecule has 0 N–H and O–H groups in total. The lowest BCUT2D eigenvalue weighted by Crippen LogP contribution is -2.41. The van der Waals surface area contributed by atoms with Gasteiger partial charge in [-0.05, 0) is 79.6 Å². The predicted octanol–water partition coefficient (Wildman–Crippen LogP) is 9.02. The van der Waals surface area contributed by atoms with Gasteiger partial charge in [0.1, 0.15) is 5.75 Å². The average Bonchev–Trinajstić information content (AvgIpc) is 3.42. The number of rotatable bonds is 18. The number of hydrogen-bond acceptors (Lipinski definition) is 4. The van der Waals surface area contributed by atoms with Crippen molar-refractivity contribution in [3.63, 3.8) is 0 Å². The van der Waals surface area contributed by atoms with Crippen molar-refractivity contribution in [3.05, 3.63) is 51.7 Å². The number of ether oxygens (including phenoxy) is 1. The van der Waals surface area contributed by atoms with Crippen LogP contribution in [0.15, 0.2) is 35.7 Å². The third kappa shape index (κ3) is 10.2. The zero-order valence-electron chi connectivity index (χ0n) is 23.8. The highest BCUT2D eigenvalue weighted by molar-refractivity contribution is 7.09. The van der Waals surface area contributed by atoms with Crippen molar-refractivity contribution in [1.82, 2.24) is 4.90 Å². The maximum atomic E-state index is 12.6. The summed E-state index contributed by atoms with van der Waals surface area (Å²) in [5.41, 5.74) is 2.63. The van der Waals surface area contributed by atoms with Crippen molar-refractivity contribution in [2.45, 2.75) is 123 Å². The Morgan fingerprint density at radius 3 is 2.51 bits per heavy atom. The molecule has 0 saturated carbocycles. The zero-order chi connectivity index (χ0) is 26.3. The lowest BCUT2D eigenvalue weighted by molar-refractivity contribution is -0.134. The van der Waals surface area contributed by atoms with E-state index in [1.807, 2.05) is 17.4 Å². The van der Waals surface area contributed by atoms with E-state index in [0.717, 1.165) is 63.3 Å². The number of benzene rings is 1. The molecule has 206 valence electrons. The second-order valence-electron chi connectivity index (χ2n) is 11.0. The summed E-state index contributed by atoms with van der Waals surface area (Å²) in [4.78, 5) is 16.8. The molecular formula is C33H51NO2S. The molecule has 0 amide bonds. The Morgan fingerprint density at radius 1 is 0.973 bits per heavy atom. The molecule has 0 saturated heterocycles. The van der Waals surface area contributed by atoms with E-state index in [0.29, 0.717) is 12.5 Å². The Balaban J connectivity index is 1.43. The molecular weight excluding hydrogens is 474 g/mol. The van der Waals surface area contributed by atoms with Crippen LogP contribution in [-0.2, 0) is 24.1 Å². The molecule has 1 aromatic carbocycles. The van der Waals surface area contributed by atoms with Crippen LogP contribution in [0, 0.1) is 5.92 Å². The van der Waals surface area contributed by atoms with Crippen LogP contribution in [0.2, 0.25) is 0 Å². The summed E-state index contributed by atoms with van der Waals surface area (Å²) in [5, 5.41) is 2.18. The molecule has 1 aliphatic carbocycles. The molecule has 2 aromatic rings. The first-order chi connectivity index (χ1) is 18.1.